The molecule has 1 atom stereocenters. The van der Waals surface area contributed by atoms with Crippen LogP contribution in [0.4, 0.5) is 0 Å². The van der Waals surface area contributed by atoms with Crippen LogP contribution < -0.4 is 10.1 Å². The lowest BCUT2D eigenvalue weighted by molar-refractivity contribution is -0.143. The predicted octanol–water partition coefficient (Wildman–Crippen LogP) is 1.45. The lowest BCUT2D eigenvalue weighted by Gasteiger charge is -2.24. The number of aliphatic carboxylic acids is 1. The van der Waals surface area contributed by atoms with Crippen molar-refractivity contribution in [3.63, 3.8) is 0 Å². The summed E-state index contributed by atoms with van der Waals surface area (Å²) in [5.41, 5.74) is -1.14. The molecule has 0 spiro atoms. The number of nitrogens with one attached hydrogen (secondary N) is 1. The summed E-state index contributed by atoms with van der Waals surface area (Å²) in [7, 11) is 1.48. The van der Waals surface area contributed by atoms with E-state index in [0.717, 1.165) is 5.75 Å². The Kier molecular flexibility index (Phi) is 3.82. The van der Waals surface area contributed by atoms with Crippen molar-refractivity contribution in [2.24, 2.45) is 0 Å². The van der Waals surface area contributed by atoms with Crippen LogP contribution in [0, 0.1) is 0 Å². The van der Waals surface area contributed by atoms with Gasteiger partial charge in [0.05, 0.1) is 7.11 Å². The van der Waals surface area contributed by atoms with Crippen molar-refractivity contribution < 1.29 is 19.4 Å². The molecular formula is C11H13NO4S2. The second-order valence-electron chi connectivity index (χ2n) is 3.96. The highest BCUT2D eigenvalue weighted by atomic mass is 32.2. The molecule has 7 heteroatoms. The average molecular weight is 287 g/mol. The van der Waals surface area contributed by atoms with E-state index >= 15 is 0 Å². The summed E-state index contributed by atoms with van der Waals surface area (Å²) >= 11 is 2.77. The van der Waals surface area contributed by atoms with Crippen molar-refractivity contribution in [2.75, 3.05) is 18.6 Å². The van der Waals surface area contributed by atoms with Gasteiger partial charge in [-0.05, 0) is 23.6 Å². The first-order valence-corrected chi connectivity index (χ1v) is 7.37. The molecule has 1 aromatic rings. The minimum Gasteiger partial charge on any atom is -0.495 e. The van der Waals surface area contributed by atoms with E-state index in [4.69, 9.17) is 4.74 Å². The van der Waals surface area contributed by atoms with Gasteiger partial charge in [-0.3, -0.25) is 4.79 Å². The molecule has 1 aromatic heterocycles. The van der Waals surface area contributed by atoms with Crippen molar-refractivity contribution in [3.05, 3.63) is 16.3 Å². The number of hydrogen-bond donors (Lipinski definition) is 2. The molecule has 0 saturated carbocycles. The van der Waals surface area contributed by atoms with Crippen molar-refractivity contribution in [1.29, 1.82) is 0 Å². The minimum atomic E-state index is -1.14. The lowest BCUT2D eigenvalue weighted by atomic mass is 9.99. The van der Waals surface area contributed by atoms with Gasteiger partial charge in [0.2, 0.25) is 0 Å². The molecule has 5 nitrogen and oxygen atoms in total. The van der Waals surface area contributed by atoms with E-state index in [-0.39, 0.29) is 5.91 Å². The van der Waals surface area contributed by atoms with E-state index in [0.29, 0.717) is 22.8 Å². The maximum atomic E-state index is 12.1. The third-order valence-corrected chi connectivity index (χ3v) is 4.92. The monoisotopic (exact) mass is 287 g/mol. The Labute approximate surface area is 113 Å². The molecule has 1 aliphatic heterocycles. The zero-order chi connectivity index (χ0) is 13.2. The summed E-state index contributed by atoms with van der Waals surface area (Å²) < 4.78 is 5.06. The summed E-state index contributed by atoms with van der Waals surface area (Å²) in [6.07, 6.45) is 0.451. The summed E-state index contributed by atoms with van der Waals surface area (Å²) in [5.74, 6) is 0.266. The Balaban J connectivity index is 2.18. The minimum absolute atomic E-state index is 0.383. The molecule has 0 unspecified atom stereocenters. The van der Waals surface area contributed by atoms with Crippen LogP contribution in [0.25, 0.3) is 0 Å². The Morgan fingerprint density at radius 1 is 1.56 bits per heavy atom. The number of ether oxygens (including phenoxy) is 1. The van der Waals surface area contributed by atoms with Gasteiger partial charge >= 0.3 is 5.97 Å². The average Bonchev–Trinajstić information content (AvgIpc) is 2.97. The summed E-state index contributed by atoms with van der Waals surface area (Å²) in [6, 6.07) is 1.69. The van der Waals surface area contributed by atoms with Gasteiger partial charge in [-0.2, -0.15) is 11.8 Å². The highest BCUT2D eigenvalue weighted by Gasteiger charge is 2.43. The first-order chi connectivity index (χ1) is 8.59. The number of amides is 1. The Morgan fingerprint density at radius 2 is 2.33 bits per heavy atom. The van der Waals surface area contributed by atoms with E-state index in [1.807, 2.05) is 0 Å². The van der Waals surface area contributed by atoms with Gasteiger partial charge < -0.3 is 15.2 Å². The molecule has 2 N–H and O–H groups in total. The number of thioether (sulfide) groups is 1. The summed E-state index contributed by atoms with van der Waals surface area (Å²) in [5, 5.41) is 13.7. The van der Waals surface area contributed by atoms with Crippen molar-refractivity contribution >= 4 is 35.0 Å². The number of carbonyl (C=O) groups excluding carboxylic acids is 1. The molecule has 2 rings (SSSR count). The van der Waals surface area contributed by atoms with Gasteiger partial charge in [0, 0.05) is 5.75 Å². The molecule has 0 bridgehead atoms. The lowest BCUT2D eigenvalue weighted by Crippen LogP contribution is -2.54. The van der Waals surface area contributed by atoms with Crippen LogP contribution in [0.1, 0.15) is 16.1 Å². The van der Waals surface area contributed by atoms with Crippen molar-refractivity contribution in [2.45, 2.75) is 12.0 Å². The first-order valence-electron chi connectivity index (χ1n) is 5.34. The van der Waals surface area contributed by atoms with E-state index < -0.39 is 11.5 Å². The largest absolute Gasteiger partial charge is 0.495 e. The maximum absolute atomic E-state index is 12.1. The van der Waals surface area contributed by atoms with Gasteiger partial charge in [-0.15, -0.1) is 11.3 Å². The normalized spacial score (nSPS) is 22.7. The summed E-state index contributed by atoms with van der Waals surface area (Å²) in [6.45, 7) is 0. The topological polar surface area (TPSA) is 75.6 Å². The number of rotatable bonds is 4. The Morgan fingerprint density at radius 3 is 2.89 bits per heavy atom. The number of hydrogen-bond acceptors (Lipinski definition) is 5. The second kappa shape index (κ2) is 5.19. The van der Waals surface area contributed by atoms with Gasteiger partial charge in [0.15, 0.2) is 0 Å². The van der Waals surface area contributed by atoms with E-state index in [2.05, 4.69) is 5.32 Å². The first kappa shape index (κ1) is 13.2. The van der Waals surface area contributed by atoms with Gasteiger partial charge in [-0.25, -0.2) is 4.79 Å². The molecule has 1 amide bonds. The third kappa shape index (κ3) is 2.32. The molecule has 0 aliphatic carbocycles. The van der Waals surface area contributed by atoms with Crippen LogP contribution in [-0.2, 0) is 4.79 Å². The molecule has 0 radical (unpaired) electrons. The molecular weight excluding hydrogens is 274 g/mol. The number of carbonyl (C=O) groups is 2. The fraction of sp³-hybridized carbons (Fsp3) is 0.455. The van der Waals surface area contributed by atoms with Gasteiger partial charge in [-0.1, -0.05) is 0 Å². The number of methoxy groups -OCH3 is 1. The Bertz CT molecular complexity index is 465. The number of carboxylic acid groups (broad SMARTS) is 1. The van der Waals surface area contributed by atoms with Crippen molar-refractivity contribution in [1.82, 2.24) is 5.32 Å². The molecule has 0 aromatic carbocycles. The molecule has 1 fully saturated rings. The van der Waals surface area contributed by atoms with Crippen LogP contribution in [0.3, 0.4) is 0 Å². The van der Waals surface area contributed by atoms with Crippen LogP contribution >= 0.6 is 23.1 Å². The fourth-order valence-corrected chi connectivity index (χ4v) is 3.86. The zero-order valence-electron chi connectivity index (χ0n) is 9.76. The standard InChI is InChI=1S/C11H13NO4S2/c1-16-7-2-4-18-8(7)9(13)12-11(10(14)15)3-5-17-6-11/h2,4H,3,5-6H2,1H3,(H,12,13)(H,14,15)/t11-/m1/s1. The number of thiophene rings is 1. The van der Waals surface area contributed by atoms with Gasteiger partial charge in [0.25, 0.3) is 5.91 Å². The van der Waals surface area contributed by atoms with E-state index in [1.54, 1.807) is 11.4 Å². The highest BCUT2D eigenvalue weighted by molar-refractivity contribution is 7.99. The Hall–Kier alpha value is -1.21. The second-order valence-corrected chi connectivity index (χ2v) is 5.98. The molecule has 2 heterocycles. The SMILES string of the molecule is COc1ccsc1C(=O)N[C@]1(C(=O)O)CCSC1. The summed E-state index contributed by atoms with van der Waals surface area (Å²) in [4.78, 5) is 23.8. The molecule has 18 heavy (non-hydrogen) atoms. The quantitative estimate of drug-likeness (QED) is 0.876. The highest BCUT2D eigenvalue weighted by Crippen LogP contribution is 2.30. The number of carboxylic acids is 1. The smallest absolute Gasteiger partial charge is 0.330 e. The zero-order valence-corrected chi connectivity index (χ0v) is 11.4. The van der Waals surface area contributed by atoms with Crippen LogP contribution in [-0.4, -0.2) is 41.1 Å². The van der Waals surface area contributed by atoms with Crippen LogP contribution in [0.15, 0.2) is 11.4 Å². The molecule has 98 valence electrons. The van der Waals surface area contributed by atoms with Gasteiger partial charge in [0.1, 0.15) is 16.2 Å². The molecule has 1 aliphatic rings. The van der Waals surface area contributed by atoms with Crippen LogP contribution in [0.5, 0.6) is 5.75 Å². The predicted molar refractivity (Wildman–Crippen MR) is 70.6 cm³/mol. The molecule has 1 saturated heterocycles. The van der Waals surface area contributed by atoms with Crippen molar-refractivity contribution in [3.8, 4) is 5.75 Å². The van der Waals surface area contributed by atoms with E-state index in [9.17, 15) is 14.7 Å². The van der Waals surface area contributed by atoms with E-state index in [1.165, 1.54) is 30.2 Å². The maximum Gasteiger partial charge on any atom is 0.330 e. The van der Waals surface area contributed by atoms with Crippen LogP contribution in [0.2, 0.25) is 0 Å². The fourth-order valence-electron chi connectivity index (χ4n) is 1.78. The third-order valence-electron chi connectivity index (χ3n) is 2.84.